The van der Waals surface area contributed by atoms with E-state index in [2.05, 4.69) is 6.55 Å². The number of halogens is 1. The van der Waals surface area contributed by atoms with Gasteiger partial charge in [0.05, 0.1) is 14.7 Å². The van der Waals surface area contributed by atoms with E-state index in [1.807, 2.05) is 0 Å². The fraction of sp³-hybridized carbons (Fsp3) is 1.00. The lowest BCUT2D eigenvalue weighted by Gasteiger charge is -2.34. The van der Waals surface area contributed by atoms with Gasteiger partial charge in [-0.1, -0.05) is 6.55 Å². The summed E-state index contributed by atoms with van der Waals surface area (Å²) in [6.07, 6.45) is 3.75. The van der Waals surface area contributed by atoms with Gasteiger partial charge in [0, 0.05) is 12.5 Å². The molecule has 0 aromatic rings. The van der Waals surface area contributed by atoms with Gasteiger partial charge in [0.25, 0.3) is 0 Å². The van der Waals surface area contributed by atoms with Crippen molar-refractivity contribution >= 4 is 21.1 Å². The molecule has 0 spiro atoms. The van der Waals surface area contributed by atoms with Crippen LogP contribution in [0.25, 0.3) is 0 Å². The van der Waals surface area contributed by atoms with Crippen molar-refractivity contribution in [3.05, 3.63) is 0 Å². The lowest BCUT2D eigenvalue weighted by molar-refractivity contribution is -0.00434. The highest BCUT2D eigenvalue weighted by Crippen LogP contribution is 2.24. The molecule has 0 saturated carbocycles. The minimum Gasteiger partial charge on any atom is -0.378 e. The van der Waals surface area contributed by atoms with Crippen molar-refractivity contribution in [3.8, 4) is 0 Å². The molecule has 0 aromatic carbocycles. The Balaban J connectivity index is 2.44. The zero-order valence-corrected chi connectivity index (χ0v) is 8.70. The fourth-order valence-electron chi connectivity index (χ4n) is 1.39. The van der Waals surface area contributed by atoms with E-state index >= 15 is 0 Å². The summed E-state index contributed by atoms with van der Waals surface area (Å²) < 4.78 is 5.69. The van der Waals surface area contributed by atoms with Crippen LogP contribution in [0.5, 0.6) is 0 Å². The summed E-state index contributed by atoms with van der Waals surface area (Å²) in [5.41, 5.74) is 0. The monoisotopic (exact) mass is 178 g/mol. The first-order valence-corrected chi connectivity index (χ1v) is 6.68. The molecule has 1 aliphatic heterocycles. The molecule has 0 bridgehead atoms. The predicted molar refractivity (Wildman–Crippen MR) is 47.7 cm³/mol. The van der Waals surface area contributed by atoms with Gasteiger partial charge in [0.1, 0.15) is 0 Å². The second kappa shape index (κ2) is 3.74. The molecule has 1 atom stereocenters. The van der Waals surface area contributed by atoms with E-state index in [1.54, 1.807) is 0 Å². The average molecular weight is 179 g/mol. The van der Waals surface area contributed by atoms with E-state index in [9.17, 15) is 0 Å². The Bertz CT molecular complexity index is 95.8. The van der Waals surface area contributed by atoms with E-state index < -0.39 is 0 Å². The summed E-state index contributed by atoms with van der Waals surface area (Å²) in [4.78, 5) is 0. The molecule has 1 heterocycles. The minimum absolute atomic E-state index is 0.0928. The maximum absolute atomic E-state index is 5.85. The van der Waals surface area contributed by atoms with Gasteiger partial charge in [-0.05, 0) is 19.3 Å². The van der Waals surface area contributed by atoms with E-state index in [4.69, 9.17) is 16.3 Å². The van der Waals surface area contributed by atoms with E-state index in [0.29, 0.717) is 0 Å². The van der Waals surface area contributed by atoms with Crippen molar-refractivity contribution < 1.29 is 4.74 Å². The summed E-state index contributed by atoms with van der Waals surface area (Å²) in [6, 6.07) is 0. The highest BCUT2D eigenvalue weighted by Gasteiger charge is 2.29. The third kappa shape index (κ3) is 1.74. The number of hydrogen-bond acceptors (Lipinski definition) is 1. The molecule has 0 aromatic heterocycles. The van der Waals surface area contributed by atoms with Crippen LogP contribution in [0.2, 0.25) is 6.55 Å². The first-order valence-electron chi connectivity index (χ1n) is 4.03. The summed E-state index contributed by atoms with van der Waals surface area (Å²) in [7, 11) is -0.0928. The lowest BCUT2D eigenvalue weighted by atomic mass is 10.1. The number of ether oxygens (including phenoxy) is 1. The van der Waals surface area contributed by atoms with Crippen molar-refractivity contribution in [2.45, 2.75) is 31.0 Å². The SMILES string of the molecule is C[SiH2]C1(CCl)CCCCO1. The molecule has 1 nitrogen and oxygen atoms in total. The number of rotatable bonds is 2. The molecule has 0 radical (unpaired) electrons. The van der Waals surface area contributed by atoms with Crippen LogP contribution in [0.3, 0.4) is 0 Å². The summed E-state index contributed by atoms with van der Waals surface area (Å²) >= 11 is 5.85. The van der Waals surface area contributed by atoms with Gasteiger partial charge in [-0.15, -0.1) is 11.6 Å². The third-order valence-electron chi connectivity index (χ3n) is 2.32. The molecule has 10 heavy (non-hydrogen) atoms. The van der Waals surface area contributed by atoms with Crippen molar-refractivity contribution in [1.29, 1.82) is 0 Å². The Morgan fingerprint density at radius 2 is 2.40 bits per heavy atom. The van der Waals surface area contributed by atoms with Crippen LogP contribution in [0.1, 0.15) is 19.3 Å². The molecule has 1 saturated heterocycles. The number of hydrogen-bond donors (Lipinski definition) is 0. The molecular formula is C7H15ClOSi. The zero-order chi connectivity index (χ0) is 7.45. The fourth-order valence-corrected chi connectivity index (χ4v) is 3.31. The zero-order valence-electron chi connectivity index (χ0n) is 6.53. The maximum atomic E-state index is 5.85. The molecule has 0 N–H and O–H groups in total. The molecule has 0 amide bonds. The van der Waals surface area contributed by atoms with Crippen LogP contribution >= 0.6 is 11.6 Å². The molecule has 1 aliphatic rings. The van der Waals surface area contributed by atoms with Gasteiger partial charge in [-0.25, -0.2) is 0 Å². The van der Waals surface area contributed by atoms with Crippen LogP contribution in [0.15, 0.2) is 0 Å². The second-order valence-electron chi connectivity index (χ2n) is 2.98. The van der Waals surface area contributed by atoms with Crippen LogP contribution in [0.4, 0.5) is 0 Å². The topological polar surface area (TPSA) is 9.23 Å². The van der Waals surface area contributed by atoms with Crippen molar-refractivity contribution in [2.75, 3.05) is 12.5 Å². The van der Waals surface area contributed by atoms with Crippen molar-refractivity contribution in [3.63, 3.8) is 0 Å². The van der Waals surface area contributed by atoms with Gasteiger partial charge in [-0.2, -0.15) is 0 Å². The minimum atomic E-state index is -0.0928. The highest BCUT2D eigenvalue weighted by molar-refractivity contribution is 6.40. The Labute approximate surface area is 69.9 Å². The van der Waals surface area contributed by atoms with Gasteiger partial charge < -0.3 is 4.74 Å². The predicted octanol–water partition coefficient (Wildman–Crippen LogP) is 1.34. The van der Waals surface area contributed by atoms with Crippen molar-refractivity contribution in [1.82, 2.24) is 0 Å². The third-order valence-corrected chi connectivity index (χ3v) is 5.22. The first-order chi connectivity index (χ1) is 4.83. The molecule has 3 heteroatoms. The smallest absolute Gasteiger partial charge is 0.0649 e. The van der Waals surface area contributed by atoms with Gasteiger partial charge >= 0.3 is 0 Å². The van der Waals surface area contributed by atoms with Crippen LogP contribution in [0, 0.1) is 0 Å². The standard InChI is InChI=1S/C7H15ClOSi/c1-10-7(6-8)4-2-3-5-9-7/h2-6,10H2,1H3. The quantitative estimate of drug-likeness (QED) is 0.458. The summed E-state index contributed by atoms with van der Waals surface area (Å²) in [5.74, 6) is 0.718. The van der Waals surface area contributed by atoms with Crippen LogP contribution < -0.4 is 0 Å². The Morgan fingerprint density at radius 1 is 1.60 bits per heavy atom. The van der Waals surface area contributed by atoms with Crippen LogP contribution in [-0.2, 0) is 4.74 Å². The number of alkyl halides is 1. The van der Waals surface area contributed by atoms with Crippen molar-refractivity contribution in [2.24, 2.45) is 0 Å². The second-order valence-corrected chi connectivity index (χ2v) is 5.24. The highest BCUT2D eigenvalue weighted by atomic mass is 35.5. The molecule has 1 rings (SSSR count). The Morgan fingerprint density at radius 3 is 2.70 bits per heavy atom. The van der Waals surface area contributed by atoms with E-state index in [1.165, 1.54) is 19.3 Å². The molecule has 60 valence electrons. The average Bonchev–Trinajstić information content (AvgIpc) is 2.06. The molecular weight excluding hydrogens is 164 g/mol. The maximum Gasteiger partial charge on any atom is 0.0649 e. The lowest BCUT2D eigenvalue weighted by Crippen LogP contribution is -2.42. The molecule has 1 fully saturated rings. The van der Waals surface area contributed by atoms with Gasteiger partial charge in [0.2, 0.25) is 0 Å². The molecule has 0 aliphatic carbocycles. The van der Waals surface area contributed by atoms with E-state index in [0.717, 1.165) is 12.5 Å². The van der Waals surface area contributed by atoms with Gasteiger partial charge in [0.15, 0.2) is 0 Å². The van der Waals surface area contributed by atoms with Gasteiger partial charge in [-0.3, -0.25) is 0 Å². The summed E-state index contributed by atoms with van der Waals surface area (Å²) in [5, 5.41) is 0.166. The largest absolute Gasteiger partial charge is 0.378 e. The Hall–Kier alpha value is 0.467. The van der Waals surface area contributed by atoms with Crippen LogP contribution in [-0.4, -0.2) is 27.2 Å². The first kappa shape index (κ1) is 8.56. The Kier molecular flexibility index (Phi) is 3.20. The normalized spacial score (nSPS) is 35.4. The summed E-state index contributed by atoms with van der Waals surface area (Å²) in [6.45, 7) is 3.22. The molecule has 1 unspecified atom stereocenters. The van der Waals surface area contributed by atoms with E-state index in [-0.39, 0.29) is 14.7 Å².